The first-order valence-corrected chi connectivity index (χ1v) is 7.10. The number of anilines is 1. The highest BCUT2D eigenvalue weighted by Crippen LogP contribution is 2.14. The van der Waals surface area contributed by atoms with Crippen molar-refractivity contribution in [3.8, 4) is 0 Å². The molecule has 1 amide bonds. The van der Waals surface area contributed by atoms with Gasteiger partial charge in [0.25, 0.3) is 11.7 Å². The van der Waals surface area contributed by atoms with Crippen LogP contribution in [0.1, 0.15) is 10.4 Å². The lowest BCUT2D eigenvalue weighted by molar-refractivity contribution is -0.364. The van der Waals surface area contributed by atoms with Gasteiger partial charge in [0.1, 0.15) is 24.7 Å². The van der Waals surface area contributed by atoms with Crippen molar-refractivity contribution in [3.63, 3.8) is 0 Å². The monoisotopic (exact) mass is 304 g/mol. The summed E-state index contributed by atoms with van der Waals surface area (Å²) in [6.45, 7) is 2.37. The fraction of sp³-hybridized carbons (Fsp3) is 0.250. The summed E-state index contributed by atoms with van der Waals surface area (Å²) < 4.78 is 26.4. The molecule has 0 atom stereocenters. The maximum Gasteiger partial charge on any atom is 0.274 e. The number of halogens is 2. The van der Waals surface area contributed by atoms with E-state index < -0.39 is 11.6 Å². The van der Waals surface area contributed by atoms with Crippen molar-refractivity contribution in [2.45, 2.75) is 0 Å². The molecule has 1 N–H and O–H groups in total. The van der Waals surface area contributed by atoms with Crippen LogP contribution in [0.5, 0.6) is 0 Å². The SMILES string of the molecule is O=C(c1cc(F)cc(F)c1)N1CCN(c2cccc[nH+]2)CC1. The number of carbonyl (C=O) groups excluding carboxylic acids is 1. The Morgan fingerprint density at radius 3 is 2.27 bits per heavy atom. The minimum atomic E-state index is -0.735. The Bertz CT molecular complexity index is 650. The van der Waals surface area contributed by atoms with Crippen LogP contribution in [0, 0.1) is 11.6 Å². The molecule has 0 aliphatic carbocycles. The number of rotatable bonds is 2. The normalized spacial score (nSPS) is 15.0. The Morgan fingerprint density at radius 1 is 1.00 bits per heavy atom. The zero-order valence-electron chi connectivity index (χ0n) is 11.9. The van der Waals surface area contributed by atoms with Crippen LogP contribution in [0.4, 0.5) is 14.6 Å². The highest BCUT2D eigenvalue weighted by atomic mass is 19.1. The van der Waals surface area contributed by atoms with E-state index >= 15 is 0 Å². The molecule has 22 heavy (non-hydrogen) atoms. The number of nitrogens with one attached hydrogen (secondary N) is 1. The highest BCUT2D eigenvalue weighted by molar-refractivity contribution is 5.94. The van der Waals surface area contributed by atoms with Crippen molar-refractivity contribution in [1.82, 2.24) is 4.90 Å². The zero-order chi connectivity index (χ0) is 15.5. The molecule has 1 fully saturated rings. The van der Waals surface area contributed by atoms with Crippen LogP contribution < -0.4 is 9.88 Å². The first-order chi connectivity index (χ1) is 10.6. The van der Waals surface area contributed by atoms with Gasteiger partial charge in [-0.2, -0.15) is 0 Å². The van der Waals surface area contributed by atoms with E-state index in [-0.39, 0.29) is 11.5 Å². The van der Waals surface area contributed by atoms with Crippen molar-refractivity contribution in [3.05, 3.63) is 59.8 Å². The quantitative estimate of drug-likeness (QED) is 0.847. The molecule has 0 bridgehead atoms. The first kappa shape index (κ1) is 14.4. The molecular weight excluding hydrogens is 288 g/mol. The lowest BCUT2D eigenvalue weighted by Crippen LogP contribution is -2.50. The Morgan fingerprint density at radius 2 is 1.68 bits per heavy atom. The number of pyridine rings is 1. The fourth-order valence-corrected chi connectivity index (χ4v) is 2.59. The van der Waals surface area contributed by atoms with Crippen molar-refractivity contribution in [2.24, 2.45) is 0 Å². The van der Waals surface area contributed by atoms with E-state index in [1.165, 1.54) is 0 Å². The molecule has 114 valence electrons. The highest BCUT2D eigenvalue weighted by Gasteiger charge is 2.27. The van der Waals surface area contributed by atoms with Crippen LogP contribution >= 0.6 is 0 Å². The van der Waals surface area contributed by atoms with E-state index in [1.54, 1.807) is 4.90 Å². The van der Waals surface area contributed by atoms with Crippen molar-refractivity contribution >= 4 is 11.7 Å². The number of carbonyl (C=O) groups is 1. The van der Waals surface area contributed by atoms with Crippen LogP contribution in [0.3, 0.4) is 0 Å². The number of hydrogen-bond donors (Lipinski definition) is 0. The van der Waals surface area contributed by atoms with Crippen molar-refractivity contribution in [1.29, 1.82) is 0 Å². The second-order valence-corrected chi connectivity index (χ2v) is 5.19. The van der Waals surface area contributed by atoms with E-state index in [0.717, 1.165) is 24.0 Å². The van der Waals surface area contributed by atoms with E-state index in [1.807, 2.05) is 24.4 Å². The van der Waals surface area contributed by atoms with E-state index in [2.05, 4.69) is 9.88 Å². The summed E-state index contributed by atoms with van der Waals surface area (Å²) in [5.74, 6) is -0.816. The van der Waals surface area contributed by atoms with Gasteiger partial charge in [0.15, 0.2) is 0 Å². The molecule has 2 aromatic rings. The topological polar surface area (TPSA) is 37.7 Å². The van der Waals surface area contributed by atoms with Crippen LogP contribution in [0.25, 0.3) is 0 Å². The van der Waals surface area contributed by atoms with Crippen molar-refractivity contribution < 1.29 is 18.6 Å². The van der Waals surface area contributed by atoms with Crippen LogP contribution in [0.2, 0.25) is 0 Å². The standard InChI is InChI=1S/C16H15F2N3O/c17-13-9-12(10-14(18)11-13)16(22)21-7-5-20(6-8-21)15-3-1-2-4-19-15/h1-4,9-11H,5-8H2/p+1. The maximum atomic E-state index is 13.2. The summed E-state index contributed by atoms with van der Waals surface area (Å²) in [5.41, 5.74) is 0.0530. The number of nitrogens with zero attached hydrogens (tertiary/aromatic N) is 2. The number of H-pyrrole nitrogens is 1. The Labute approximate surface area is 127 Å². The van der Waals surface area contributed by atoms with Crippen LogP contribution in [-0.2, 0) is 0 Å². The molecule has 0 unspecified atom stereocenters. The number of benzene rings is 1. The molecule has 1 aliphatic heterocycles. The summed E-state index contributed by atoms with van der Waals surface area (Å²) in [4.78, 5) is 19.2. The van der Waals surface area contributed by atoms with Gasteiger partial charge in [-0.25, -0.2) is 13.8 Å². The molecule has 0 saturated carbocycles. The third-order valence-corrected chi connectivity index (χ3v) is 3.71. The third kappa shape index (κ3) is 3.05. The Kier molecular flexibility index (Phi) is 4.00. The number of aromatic amines is 1. The summed E-state index contributed by atoms with van der Waals surface area (Å²) in [6.07, 6.45) is 1.85. The van der Waals surface area contributed by atoms with Gasteiger partial charge >= 0.3 is 0 Å². The minimum Gasteiger partial charge on any atom is -0.331 e. The smallest absolute Gasteiger partial charge is 0.274 e. The lowest BCUT2D eigenvalue weighted by Gasteiger charge is -2.31. The predicted molar refractivity (Wildman–Crippen MR) is 77.5 cm³/mol. The van der Waals surface area contributed by atoms with Gasteiger partial charge in [0, 0.05) is 17.7 Å². The van der Waals surface area contributed by atoms with Gasteiger partial charge < -0.3 is 4.90 Å². The molecule has 0 spiro atoms. The van der Waals surface area contributed by atoms with Gasteiger partial charge in [0.05, 0.1) is 19.3 Å². The first-order valence-electron chi connectivity index (χ1n) is 7.10. The molecule has 1 aliphatic rings. The number of aromatic nitrogens is 1. The molecule has 0 radical (unpaired) electrons. The predicted octanol–water partition coefficient (Wildman–Crippen LogP) is 1.74. The van der Waals surface area contributed by atoms with Gasteiger partial charge in [-0.15, -0.1) is 0 Å². The molecule has 3 rings (SSSR count). The third-order valence-electron chi connectivity index (χ3n) is 3.71. The number of hydrogen-bond acceptors (Lipinski definition) is 2. The fourth-order valence-electron chi connectivity index (χ4n) is 2.59. The summed E-state index contributed by atoms with van der Waals surface area (Å²) >= 11 is 0. The molecule has 4 nitrogen and oxygen atoms in total. The lowest BCUT2D eigenvalue weighted by atomic mass is 10.1. The number of amides is 1. The largest absolute Gasteiger partial charge is 0.331 e. The molecule has 1 aromatic carbocycles. The molecule has 2 heterocycles. The van der Waals surface area contributed by atoms with E-state index in [9.17, 15) is 13.6 Å². The van der Waals surface area contributed by atoms with Crippen LogP contribution in [-0.4, -0.2) is 37.0 Å². The maximum absolute atomic E-state index is 13.2. The van der Waals surface area contributed by atoms with Gasteiger partial charge in [0.2, 0.25) is 0 Å². The van der Waals surface area contributed by atoms with E-state index in [0.29, 0.717) is 26.2 Å². The van der Waals surface area contributed by atoms with Gasteiger partial charge in [-0.3, -0.25) is 9.69 Å². The zero-order valence-corrected chi connectivity index (χ0v) is 11.9. The molecular formula is C16H16F2N3O+. The van der Waals surface area contributed by atoms with Gasteiger partial charge in [-0.1, -0.05) is 6.07 Å². The van der Waals surface area contributed by atoms with Crippen molar-refractivity contribution in [2.75, 3.05) is 31.1 Å². The second kappa shape index (κ2) is 6.09. The second-order valence-electron chi connectivity index (χ2n) is 5.19. The minimum absolute atomic E-state index is 0.0530. The average molecular weight is 304 g/mol. The summed E-state index contributed by atoms with van der Waals surface area (Å²) in [5, 5.41) is 0. The van der Waals surface area contributed by atoms with E-state index in [4.69, 9.17) is 0 Å². The number of piperazine rings is 1. The summed E-state index contributed by atoms with van der Waals surface area (Å²) in [7, 11) is 0. The van der Waals surface area contributed by atoms with Gasteiger partial charge in [-0.05, 0) is 18.2 Å². The Hall–Kier alpha value is -2.50. The molecule has 6 heteroatoms. The van der Waals surface area contributed by atoms with Crippen LogP contribution in [0.15, 0.2) is 42.6 Å². The molecule has 1 aromatic heterocycles. The molecule has 1 saturated heterocycles. The average Bonchev–Trinajstić information content (AvgIpc) is 2.54. The summed E-state index contributed by atoms with van der Waals surface area (Å²) in [6, 6.07) is 8.73. The Balaban J connectivity index is 1.67.